The van der Waals surface area contributed by atoms with Gasteiger partial charge in [0.15, 0.2) is 0 Å². The second-order valence-corrected chi connectivity index (χ2v) is 4.40. The molecule has 2 aromatic rings. The third-order valence-corrected chi connectivity index (χ3v) is 3.05. The van der Waals surface area contributed by atoms with Crippen LogP contribution in [0.4, 0.5) is 0 Å². The predicted molar refractivity (Wildman–Crippen MR) is 71.2 cm³/mol. The van der Waals surface area contributed by atoms with Crippen molar-refractivity contribution < 1.29 is 19.4 Å². The van der Waals surface area contributed by atoms with Crippen molar-refractivity contribution in [2.24, 2.45) is 0 Å². The van der Waals surface area contributed by atoms with Gasteiger partial charge in [-0.2, -0.15) is 0 Å². The number of hydrogen-bond donors (Lipinski definition) is 3. The molecular formula is C14H17NO4. The van der Waals surface area contributed by atoms with E-state index in [0.29, 0.717) is 30.7 Å². The quantitative estimate of drug-likeness (QED) is 0.742. The van der Waals surface area contributed by atoms with E-state index in [0.717, 1.165) is 5.39 Å². The van der Waals surface area contributed by atoms with Gasteiger partial charge in [0.25, 0.3) is 0 Å². The number of carbonyl (C=O) groups is 1. The SMILES string of the molecule is CCC(O)CNCc1c(C(=O)O)oc2ccccc12. The van der Waals surface area contributed by atoms with Crippen molar-refractivity contribution in [1.29, 1.82) is 0 Å². The molecule has 3 N–H and O–H groups in total. The summed E-state index contributed by atoms with van der Waals surface area (Å²) in [5.74, 6) is -1.12. The summed E-state index contributed by atoms with van der Waals surface area (Å²) in [6.07, 6.45) is 0.233. The molecule has 2 rings (SSSR count). The number of carboxylic acid groups (broad SMARTS) is 1. The third kappa shape index (κ3) is 2.94. The molecule has 0 spiro atoms. The van der Waals surface area contributed by atoms with Crippen LogP contribution in [0.2, 0.25) is 0 Å². The lowest BCUT2D eigenvalue weighted by Gasteiger charge is -2.08. The number of furan rings is 1. The zero-order valence-electron chi connectivity index (χ0n) is 10.7. The van der Waals surface area contributed by atoms with E-state index < -0.39 is 12.1 Å². The van der Waals surface area contributed by atoms with Crippen LogP contribution in [0.25, 0.3) is 11.0 Å². The van der Waals surface area contributed by atoms with Gasteiger partial charge in [-0.05, 0) is 12.5 Å². The van der Waals surface area contributed by atoms with Crippen molar-refractivity contribution in [2.75, 3.05) is 6.54 Å². The highest BCUT2D eigenvalue weighted by Gasteiger charge is 2.19. The minimum atomic E-state index is -1.08. The molecule has 5 nitrogen and oxygen atoms in total. The maximum Gasteiger partial charge on any atom is 0.372 e. The van der Waals surface area contributed by atoms with Gasteiger partial charge in [0.1, 0.15) is 5.58 Å². The van der Waals surface area contributed by atoms with Crippen LogP contribution in [0.3, 0.4) is 0 Å². The van der Waals surface area contributed by atoms with E-state index >= 15 is 0 Å². The molecule has 1 aromatic carbocycles. The average Bonchev–Trinajstić information content (AvgIpc) is 2.78. The molecule has 0 saturated carbocycles. The summed E-state index contributed by atoms with van der Waals surface area (Å²) >= 11 is 0. The van der Waals surface area contributed by atoms with Crippen molar-refractivity contribution in [3.05, 3.63) is 35.6 Å². The first-order valence-corrected chi connectivity index (χ1v) is 6.26. The van der Waals surface area contributed by atoms with E-state index in [-0.39, 0.29) is 5.76 Å². The fraction of sp³-hybridized carbons (Fsp3) is 0.357. The number of hydrogen-bond acceptors (Lipinski definition) is 4. The lowest BCUT2D eigenvalue weighted by Crippen LogP contribution is -2.26. The molecule has 5 heteroatoms. The van der Waals surface area contributed by atoms with Crippen LogP contribution in [-0.2, 0) is 6.54 Å². The van der Waals surface area contributed by atoms with E-state index in [1.54, 1.807) is 12.1 Å². The minimum Gasteiger partial charge on any atom is -0.475 e. The van der Waals surface area contributed by atoms with Gasteiger partial charge in [-0.25, -0.2) is 4.79 Å². The Morgan fingerprint density at radius 2 is 2.16 bits per heavy atom. The number of carboxylic acids is 1. The number of aliphatic hydroxyl groups excluding tert-OH is 1. The van der Waals surface area contributed by atoms with Crippen molar-refractivity contribution in [3.8, 4) is 0 Å². The fourth-order valence-electron chi connectivity index (χ4n) is 1.96. The Kier molecular flexibility index (Phi) is 4.19. The number of aliphatic hydroxyl groups is 1. The molecule has 0 fully saturated rings. The van der Waals surface area contributed by atoms with Crippen LogP contribution in [0.15, 0.2) is 28.7 Å². The van der Waals surface area contributed by atoms with E-state index in [1.165, 1.54) is 0 Å². The van der Waals surface area contributed by atoms with E-state index in [4.69, 9.17) is 9.52 Å². The molecule has 0 radical (unpaired) electrons. The van der Waals surface area contributed by atoms with Crippen molar-refractivity contribution in [3.63, 3.8) is 0 Å². The van der Waals surface area contributed by atoms with Crippen LogP contribution in [0.5, 0.6) is 0 Å². The lowest BCUT2D eigenvalue weighted by atomic mass is 10.1. The van der Waals surface area contributed by atoms with Crippen molar-refractivity contribution >= 4 is 16.9 Å². The molecule has 1 unspecified atom stereocenters. The van der Waals surface area contributed by atoms with Gasteiger partial charge in [0.2, 0.25) is 5.76 Å². The monoisotopic (exact) mass is 263 g/mol. The van der Waals surface area contributed by atoms with Gasteiger partial charge in [-0.3, -0.25) is 0 Å². The van der Waals surface area contributed by atoms with Gasteiger partial charge in [-0.1, -0.05) is 25.1 Å². The van der Waals surface area contributed by atoms with Gasteiger partial charge in [-0.15, -0.1) is 0 Å². The number of nitrogens with one attached hydrogen (secondary N) is 1. The fourth-order valence-corrected chi connectivity index (χ4v) is 1.96. The minimum absolute atomic E-state index is 0.0420. The van der Waals surface area contributed by atoms with Crippen LogP contribution < -0.4 is 5.32 Å². The maximum absolute atomic E-state index is 11.2. The standard InChI is InChI=1S/C14H17NO4/c1-2-9(16)7-15-8-11-10-5-3-4-6-12(10)19-13(11)14(17)18/h3-6,9,15-16H,2,7-8H2,1H3,(H,17,18). The Morgan fingerprint density at radius 1 is 1.42 bits per heavy atom. The van der Waals surface area contributed by atoms with Crippen LogP contribution in [0.1, 0.15) is 29.5 Å². The first-order chi connectivity index (χ1) is 9.13. The second-order valence-electron chi connectivity index (χ2n) is 4.40. The Labute approximate surface area is 110 Å². The average molecular weight is 263 g/mol. The van der Waals surface area contributed by atoms with Crippen molar-refractivity contribution in [1.82, 2.24) is 5.32 Å². The summed E-state index contributed by atoms with van der Waals surface area (Å²) in [5.41, 5.74) is 1.18. The molecule has 1 atom stereocenters. The van der Waals surface area contributed by atoms with Gasteiger partial charge >= 0.3 is 5.97 Å². The number of aromatic carboxylic acids is 1. The highest BCUT2D eigenvalue weighted by atomic mass is 16.4. The van der Waals surface area contributed by atoms with Gasteiger partial charge < -0.3 is 19.9 Å². The molecule has 0 aliphatic heterocycles. The normalized spacial score (nSPS) is 12.7. The summed E-state index contributed by atoms with van der Waals surface area (Å²) in [7, 11) is 0. The topological polar surface area (TPSA) is 82.7 Å². The Hall–Kier alpha value is -1.85. The molecule has 0 amide bonds. The van der Waals surface area contributed by atoms with Crippen LogP contribution >= 0.6 is 0 Å². The predicted octanol–water partition coefficient (Wildman–Crippen LogP) is 1.99. The second kappa shape index (κ2) is 5.86. The van der Waals surface area contributed by atoms with Crippen LogP contribution in [-0.4, -0.2) is 28.8 Å². The Bertz CT molecular complexity index is 576. The molecule has 1 aromatic heterocycles. The molecule has 1 heterocycles. The molecule has 0 bridgehead atoms. The molecule has 19 heavy (non-hydrogen) atoms. The number of fused-ring (bicyclic) bond motifs is 1. The summed E-state index contributed by atoms with van der Waals surface area (Å²) in [6, 6.07) is 7.22. The van der Waals surface area contributed by atoms with Crippen LogP contribution in [0, 0.1) is 0 Å². The van der Waals surface area contributed by atoms with Gasteiger partial charge in [0, 0.05) is 24.0 Å². The van der Waals surface area contributed by atoms with E-state index in [2.05, 4.69) is 5.32 Å². The highest BCUT2D eigenvalue weighted by molar-refractivity contribution is 5.95. The third-order valence-electron chi connectivity index (χ3n) is 3.05. The smallest absolute Gasteiger partial charge is 0.372 e. The largest absolute Gasteiger partial charge is 0.475 e. The van der Waals surface area contributed by atoms with E-state index in [1.807, 2.05) is 19.1 Å². The number of benzene rings is 1. The highest BCUT2D eigenvalue weighted by Crippen LogP contribution is 2.25. The molecule has 0 saturated heterocycles. The summed E-state index contributed by atoms with van der Waals surface area (Å²) in [5, 5.41) is 22.5. The van der Waals surface area contributed by atoms with Crippen molar-refractivity contribution in [2.45, 2.75) is 26.0 Å². The molecule has 102 valence electrons. The summed E-state index contributed by atoms with van der Waals surface area (Å²) < 4.78 is 5.34. The lowest BCUT2D eigenvalue weighted by molar-refractivity contribution is 0.0663. The Balaban J connectivity index is 2.24. The Morgan fingerprint density at radius 3 is 2.84 bits per heavy atom. The first kappa shape index (κ1) is 13.6. The molecule has 0 aliphatic carbocycles. The van der Waals surface area contributed by atoms with Gasteiger partial charge in [0.05, 0.1) is 6.10 Å². The molecule has 0 aliphatic rings. The first-order valence-electron chi connectivity index (χ1n) is 6.26. The summed E-state index contributed by atoms with van der Waals surface area (Å²) in [4.78, 5) is 11.2. The zero-order chi connectivity index (χ0) is 13.8. The zero-order valence-corrected chi connectivity index (χ0v) is 10.7. The number of rotatable bonds is 6. The maximum atomic E-state index is 11.2. The number of para-hydroxylation sites is 1. The van der Waals surface area contributed by atoms with E-state index in [9.17, 15) is 9.90 Å². The molecular weight excluding hydrogens is 246 g/mol. The summed E-state index contributed by atoms with van der Waals surface area (Å²) in [6.45, 7) is 2.67.